The summed E-state index contributed by atoms with van der Waals surface area (Å²) in [5.74, 6) is 0.491. The maximum Gasteiger partial charge on any atom is 0.410 e. The Balaban J connectivity index is 1.75. The Morgan fingerprint density at radius 3 is 2.42 bits per heavy atom. The second-order valence-electron chi connectivity index (χ2n) is 8.25. The van der Waals surface area contributed by atoms with Gasteiger partial charge in [-0.1, -0.05) is 0 Å². The van der Waals surface area contributed by atoms with Gasteiger partial charge in [0.15, 0.2) is 5.78 Å². The molecule has 26 heavy (non-hydrogen) atoms. The summed E-state index contributed by atoms with van der Waals surface area (Å²) in [6.07, 6.45) is 5.70. The molecule has 1 amide bonds. The van der Waals surface area contributed by atoms with Crippen LogP contribution in [-0.2, 0) is 4.74 Å². The summed E-state index contributed by atoms with van der Waals surface area (Å²) in [6.45, 7) is 5.65. The minimum Gasteiger partial charge on any atom is -0.481 e. The van der Waals surface area contributed by atoms with E-state index < -0.39 is 5.60 Å². The van der Waals surface area contributed by atoms with Crippen LogP contribution in [0.2, 0.25) is 0 Å². The zero-order valence-electron chi connectivity index (χ0n) is 16.0. The first kappa shape index (κ1) is 18.7. The third-order valence-electron chi connectivity index (χ3n) is 5.18. The molecule has 0 radical (unpaired) electrons. The van der Waals surface area contributed by atoms with E-state index in [4.69, 9.17) is 9.47 Å². The molecule has 6 nitrogen and oxygen atoms in total. The third kappa shape index (κ3) is 4.00. The van der Waals surface area contributed by atoms with Crippen molar-refractivity contribution >= 4 is 11.9 Å². The van der Waals surface area contributed by atoms with Crippen LogP contribution in [0.15, 0.2) is 18.3 Å². The molecule has 0 spiro atoms. The van der Waals surface area contributed by atoms with Crippen molar-refractivity contribution in [3.8, 4) is 5.88 Å². The van der Waals surface area contributed by atoms with Gasteiger partial charge in [-0.15, -0.1) is 0 Å². The van der Waals surface area contributed by atoms with Crippen LogP contribution in [0.4, 0.5) is 4.79 Å². The maximum atomic E-state index is 13.0. The van der Waals surface area contributed by atoms with E-state index in [9.17, 15) is 9.59 Å². The van der Waals surface area contributed by atoms with E-state index in [0.29, 0.717) is 24.3 Å². The molecule has 142 valence electrons. The van der Waals surface area contributed by atoms with Gasteiger partial charge in [0.05, 0.1) is 7.11 Å². The number of ketones is 1. The third-order valence-corrected chi connectivity index (χ3v) is 5.18. The fourth-order valence-corrected chi connectivity index (χ4v) is 4.12. The molecule has 0 saturated carbocycles. The summed E-state index contributed by atoms with van der Waals surface area (Å²) in [5, 5.41) is 0. The van der Waals surface area contributed by atoms with Crippen LogP contribution < -0.4 is 4.74 Å². The monoisotopic (exact) mass is 360 g/mol. The van der Waals surface area contributed by atoms with Crippen LogP contribution in [-0.4, -0.2) is 46.6 Å². The van der Waals surface area contributed by atoms with E-state index in [-0.39, 0.29) is 29.9 Å². The number of nitrogens with zero attached hydrogens (tertiary/aromatic N) is 2. The van der Waals surface area contributed by atoms with E-state index in [2.05, 4.69) is 4.98 Å². The van der Waals surface area contributed by atoms with Crippen LogP contribution in [0.25, 0.3) is 0 Å². The molecule has 2 saturated heterocycles. The summed E-state index contributed by atoms with van der Waals surface area (Å²) in [4.78, 5) is 31.6. The van der Waals surface area contributed by atoms with E-state index >= 15 is 0 Å². The van der Waals surface area contributed by atoms with Crippen molar-refractivity contribution in [3.05, 3.63) is 23.9 Å². The lowest BCUT2D eigenvalue weighted by molar-refractivity contribution is -0.0260. The molecule has 3 heterocycles. The molecule has 2 aliphatic heterocycles. The molecule has 0 aliphatic carbocycles. The van der Waals surface area contributed by atoms with Crippen molar-refractivity contribution in [1.29, 1.82) is 0 Å². The van der Waals surface area contributed by atoms with Crippen LogP contribution >= 0.6 is 0 Å². The molecular formula is C20H28N2O4. The number of hydrogen-bond acceptors (Lipinski definition) is 5. The van der Waals surface area contributed by atoms with Gasteiger partial charge in [0.2, 0.25) is 5.88 Å². The molecule has 3 rings (SSSR count). The van der Waals surface area contributed by atoms with E-state index in [1.807, 2.05) is 25.7 Å². The lowest BCUT2D eigenvalue weighted by Crippen LogP contribution is -2.56. The number of aromatic nitrogens is 1. The van der Waals surface area contributed by atoms with Crippen LogP contribution in [0.3, 0.4) is 0 Å². The van der Waals surface area contributed by atoms with Crippen LogP contribution in [0.5, 0.6) is 5.88 Å². The lowest BCUT2D eigenvalue weighted by atomic mass is 9.76. The van der Waals surface area contributed by atoms with Gasteiger partial charge >= 0.3 is 6.09 Å². The standard InChI is InChI=1S/C20H28N2O4/c1-20(2,3)26-19(24)22-15-6-5-7-16(22)11-14(10-15)18(23)13-8-9-21-17(12-13)25-4/h8-9,12,14-16H,5-7,10-11H2,1-4H3. The van der Waals surface area contributed by atoms with Gasteiger partial charge < -0.3 is 14.4 Å². The fourth-order valence-electron chi connectivity index (χ4n) is 4.12. The molecule has 2 atom stereocenters. The number of carbonyl (C=O) groups excluding carboxylic acids is 2. The van der Waals surface area contributed by atoms with Crippen molar-refractivity contribution in [1.82, 2.24) is 9.88 Å². The quantitative estimate of drug-likeness (QED) is 0.766. The number of Topliss-reactive ketones (excluding diaryl/α,β-unsaturated/α-hetero) is 1. The van der Waals surface area contributed by atoms with Gasteiger partial charge in [-0.25, -0.2) is 9.78 Å². The predicted molar refractivity (Wildman–Crippen MR) is 97.3 cm³/mol. The van der Waals surface area contributed by atoms with Gasteiger partial charge in [0.1, 0.15) is 5.60 Å². The molecule has 0 aromatic carbocycles. The fraction of sp³-hybridized carbons (Fsp3) is 0.650. The highest BCUT2D eigenvalue weighted by molar-refractivity contribution is 5.98. The Hall–Kier alpha value is -2.11. The van der Waals surface area contributed by atoms with Crippen molar-refractivity contribution < 1.29 is 19.1 Å². The number of piperidine rings is 2. The number of amides is 1. The zero-order chi connectivity index (χ0) is 18.9. The number of methoxy groups -OCH3 is 1. The minimum atomic E-state index is -0.508. The molecule has 2 unspecified atom stereocenters. The van der Waals surface area contributed by atoms with Gasteiger partial charge in [0, 0.05) is 35.8 Å². The zero-order valence-corrected chi connectivity index (χ0v) is 16.0. The highest BCUT2D eigenvalue weighted by atomic mass is 16.6. The van der Waals surface area contributed by atoms with Gasteiger partial charge in [-0.3, -0.25) is 4.79 Å². The Morgan fingerprint density at radius 2 is 1.85 bits per heavy atom. The first-order valence-electron chi connectivity index (χ1n) is 9.34. The second kappa shape index (κ2) is 7.25. The van der Waals surface area contributed by atoms with Crippen LogP contribution in [0.1, 0.15) is 63.2 Å². The first-order chi connectivity index (χ1) is 12.3. The normalized spacial score (nSPS) is 25.5. The predicted octanol–water partition coefficient (Wildman–Crippen LogP) is 3.84. The van der Waals surface area contributed by atoms with E-state index in [0.717, 1.165) is 19.3 Å². The van der Waals surface area contributed by atoms with E-state index in [1.165, 1.54) is 0 Å². The molecule has 2 bridgehead atoms. The number of fused-ring (bicyclic) bond motifs is 2. The highest BCUT2D eigenvalue weighted by Gasteiger charge is 2.44. The molecule has 0 N–H and O–H groups in total. The van der Waals surface area contributed by atoms with Gasteiger partial charge in [0.25, 0.3) is 0 Å². The Kier molecular flexibility index (Phi) is 5.21. The van der Waals surface area contributed by atoms with Crippen molar-refractivity contribution in [2.24, 2.45) is 5.92 Å². The largest absolute Gasteiger partial charge is 0.481 e. The van der Waals surface area contributed by atoms with Crippen molar-refractivity contribution in [2.75, 3.05) is 7.11 Å². The summed E-state index contributed by atoms with van der Waals surface area (Å²) >= 11 is 0. The average Bonchev–Trinajstić information content (AvgIpc) is 2.58. The SMILES string of the molecule is COc1cc(C(=O)C2CC3CCCC(C2)N3C(=O)OC(C)(C)C)ccn1. The van der Waals surface area contributed by atoms with Crippen molar-refractivity contribution in [2.45, 2.75) is 70.6 Å². The smallest absolute Gasteiger partial charge is 0.410 e. The second-order valence-corrected chi connectivity index (χ2v) is 8.25. The number of pyridine rings is 1. The number of ether oxygens (including phenoxy) is 2. The summed E-state index contributed by atoms with van der Waals surface area (Å²) in [5.41, 5.74) is 0.122. The van der Waals surface area contributed by atoms with E-state index in [1.54, 1.807) is 25.4 Å². The van der Waals surface area contributed by atoms with Gasteiger partial charge in [-0.05, 0) is 58.9 Å². The molecule has 1 aromatic heterocycles. The molecule has 2 aliphatic rings. The van der Waals surface area contributed by atoms with Crippen molar-refractivity contribution in [3.63, 3.8) is 0 Å². The van der Waals surface area contributed by atoms with Crippen LogP contribution in [0, 0.1) is 5.92 Å². The Morgan fingerprint density at radius 1 is 1.19 bits per heavy atom. The maximum absolute atomic E-state index is 13.0. The summed E-state index contributed by atoms with van der Waals surface area (Å²) in [6, 6.07) is 3.59. The first-order valence-corrected chi connectivity index (χ1v) is 9.34. The topological polar surface area (TPSA) is 68.7 Å². The van der Waals surface area contributed by atoms with Gasteiger partial charge in [-0.2, -0.15) is 0 Å². The average molecular weight is 360 g/mol. The minimum absolute atomic E-state index is 0.0731. The molecular weight excluding hydrogens is 332 g/mol. The molecule has 2 fully saturated rings. The number of rotatable bonds is 3. The Bertz CT molecular complexity index is 669. The highest BCUT2D eigenvalue weighted by Crippen LogP contribution is 2.39. The Labute approximate surface area is 154 Å². The number of carbonyl (C=O) groups is 2. The number of hydrogen-bond donors (Lipinski definition) is 0. The summed E-state index contributed by atoms with van der Waals surface area (Å²) in [7, 11) is 1.54. The molecule has 6 heteroatoms. The molecule has 1 aromatic rings. The summed E-state index contributed by atoms with van der Waals surface area (Å²) < 4.78 is 10.7. The lowest BCUT2D eigenvalue weighted by Gasteiger charge is -2.48.